The van der Waals surface area contributed by atoms with Crippen LogP contribution in [0.3, 0.4) is 0 Å². The van der Waals surface area contributed by atoms with Crippen LogP contribution in [0.25, 0.3) is 11.4 Å². The predicted molar refractivity (Wildman–Crippen MR) is 119 cm³/mol. The average Bonchev–Trinajstić information content (AvgIpc) is 3.36. The Kier molecular flexibility index (Phi) is 4.88. The number of anilines is 1. The SMILES string of the molecule is Cc1cnc(-c2ncccc2C)c(C(=O)N2CC3CC(Nc4cnc(C)cn4)C2C3)c1. The van der Waals surface area contributed by atoms with Crippen molar-refractivity contribution < 1.29 is 4.79 Å². The molecule has 3 atom stereocenters. The summed E-state index contributed by atoms with van der Waals surface area (Å²) in [5, 5.41) is 3.51. The summed E-state index contributed by atoms with van der Waals surface area (Å²) < 4.78 is 0. The van der Waals surface area contributed by atoms with Gasteiger partial charge in [0.1, 0.15) is 11.5 Å². The summed E-state index contributed by atoms with van der Waals surface area (Å²) in [5.74, 6) is 1.30. The molecule has 0 aromatic carbocycles. The molecule has 1 aliphatic heterocycles. The topological polar surface area (TPSA) is 83.9 Å². The molecule has 31 heavy (non-hydrogen) atoms. The number of pyridine rings is 2. The van der Waals surface area contributed by atoms with Crippen LogP contribution < -0.4 is 5.32 Å². The molecule has 0 radical (unpaired) electrons. The van der Waals surface area contributed by atoms with Gasteiger partial charge in [0.25, 0.3) is 5.91 Å². The van der Waals surface area contributed by atoms with E-state index in [0.717, 1.165) is 47.7 Å². The van der Waals surface area contributed by atoms with E-state index in [1.165, 1.54) is 0 Å². The van der Waals surface area contributed by atoms with Gasteiger partial charge in [-0.25, -0.2) is 4.98 Å². The molecule has 3 aromatic rings. The molecular formula is C24H26N6O. The zero-order valence-electron chi connectivity index (χ0n) is 18.0. The number of aryl methyl sites for hydroxylation is 3. The average molecular weight is 415 g/mol. The summed E-state index contributed by atoms with van der Waals surface area (Å²) in [6.45, 7) is 6.68. The number of carbonyl (C=O) groups is 1. The van der Waals surface area contributed by atoms with Crippen molar-refractivity contribution >= 4 is 11.7 Å². The minimum absolute atomic E-state index is 0.0326. The van der Waals surface area contributed by atoms with Crippen molar-refractivity contribution in [2.75, 3.05) is 11.9 Å². The van der Waals surface area contributed by atoms with E-state index in [1.807, 2.05) is 43.9 Å². The van der Waals surface area contributed by atoms with Gasteiger partial charge in [0.05, 0.1) is 35.4 Å². The fourth-order valence-electron chi connectivity index (χ4n) is 4.88. The molecule has 158 valence electrons. The smallest absolute Gasteiger partial charge is 0.256 e. The Balaban J connectivity index is 1.44. The normalized spacial score (nSPS) is 22.0. The molecule has 2 fully saturated rings. The largest absolute Gasteiger partial charge is 0.364 e. The summed E-state index contributed by atoms with van der Waals surface area (Å²) in [6.07, 6.45) is 9.13. The second-order valence-corrected chi connectivity index (χ2v) is 8.73. The first-order chi connectivity index (χ1) is 15.0. The number of carbonyl (C=O) groups excluding carboxylic acids is 1. The molecule has 1 saturated heterocycles. The minimum atomic E-state index is 0.0326. The fraction of sp³-hybridized carbons (Fsp3) is 0.375. The maximum atomic E-state index is 13.7. The van der Waals surface area contributed by atoms with Gasteiger partial charge in [-0.05, 0) is 62.8 Å². The molecule has 2 aliphatic rings. The Morgan fingerprint density at radius 3 is 2.65 bits per heavy atom. The van der Waals surface area contributed by atoms with Crippen molar-refractivity contribution in [1.29, 1.82) is 0 Å². The van der Waals surface area contributed by atoms with Gasteiger partial charge in [-0.1, -0.05) is 6.07 Å². The molecular weight excluding hydrogens is 388 g/mol. The Morgan fingerprint density at radius 1 is 1.03 bits per heavy atom. The van der Waals surface area contributed by atoms with Crippen LogP contribution in [-0.4, -0.2) is 49.4 Å². The van der Waals surface area contributed by atoms with E-state index in [-0.39, 0.29) is 18.0 Å². The maximum Gasteiger partial charge on any atom is 0.256 e. The lowest BCUT2D eigenvalue weighted by Crippen LogP contribution is -2.48. The summed E-state index contributed by atoms with van der Waals surface area (Å²) >= 11 is 0. The number of nitrogens with one attached hydrogen (secondary N) is 1. The highest BCUT2D eigenvalue weighted by molar-refractivity contribution is 6.00. The second-order valence-electron chi connectivity index (χ2n) is 8.73. The van der Waals surface area contributed by atoms with E-state index in [4.69, 9.17) is 0 Å². The highest BCUT2D eigenvalue weighted by atomic mass is 16.2. The Labute approximate surface area is 182 Å². The van der Waals surface area contributed by atoms with Gasteiger partial charge in [-0.3, -0.25) is 19.7 Å². The Bertz CT molecular complexity index is 1130. The first kappa shape index (κ1) is 19.6. The van der Waals surface area contributed by atoms with Crippen molar-refractivity contribution in [2.45, 2.75) is 45.7 Å². The van der Waals surface area contributed by atoms with E-state index < -0.39 is 0 Å². The van der Waals surface area contributed by atoms with Gasteiger partial charge >= 0.3 is 0 Å². The minimum Gasteiger partial charge on any atom is -0.364 e. The van der Waals surface area contributed by atoms with Crippen LogP contribution in [0.15, 0.2) is 43.0 Å². The first-order valence-electron chi connectivity index (χ1n) is 10.7. The third-order valence-corrected chi connectivity index (χ3v) is 6.35. The standard InChI is InChI=1S/C24H26N6O/c1-14-7-18(23(28-10-14)22-15(2)5-4-6-25-22)24(31)30-13-17-8-19(20(30)9-17)29-21-12-26-16(3)11-27-21/h4-7,10-12,17,19-20H,8-9,13H2,1-3H3,(H,27,29). The summed E-state index contributed by atoms with van der Waals surface area (Å²) in [7, 11) is 0. The molecule has 1 amide bonds. The van der Waals surface area contributed by atoms with Crippen molar-refractivity contribution in [3.8, 4) is 11.4 Å². The maximum absolute atomic E-state index is 13.7. The van der Waals surface area contributed by atoms with Gasteiger partial charge in [-0.2, -0.15) is 0 Å². The van der Waals surface area contributed by atoms with E-state index >= 15 is 0 Å². The van der Waals surface area contributed by atoms with E-state index in [2.05, 4.69) is 25.3 Å². The van der Waals surface area contributed by atoms with Gasteiger partial charge < -0.3 is 10.2 Å². The molecule has 5 rings (SSSR count). The highest BCUT2D eigenvalue weighted by Crippen LogP contribution is 2.40. The van der Waals surface area contributed by atoms with Gasteiger partial charge in [0.2, 0.25) is 0 Å². The predicted octanol–water partition coefficient (Wildman–Crippen LogP) is 3.57. The van der Waals surface area contributed by atoms with Crippen molar-refractivity contribution in [3.05, 3.63) is 65.4 Å². The van der Waals surface area contributed by atoms with E-state index in [0.29, 0.717) is 17.2 Å². The monoisotopic (exact) mass is 414 g/mol. The first-order valence-corrected chi connectivity index (χ1v) is 10.7. The third-order valence-electron chi connectivity index (χ3n) is 6.35. The number of amides is 1. The summed E-state index contributed by atoms with van der Waals surface area (Å²) in [6, 6.07) is 6.16. The van der Waals surface area contributed by atoms with Crippen LogP contribution in [0, 0.1) is 26.7 Å². The number of hydrogen-bond donors (Lipinski definition) is 1. The molecule has 1 N–H and O–H groups in total. The second kappa shape index (κ2) is 7.72. The zero-order valence-corrected chi connectivity index (χ0v) is 18.0. The van der Waals surface area contributed by atoms with Crippen LogP contribution in [0.5, 0.6) is 0 Å². The molecule has 1 saturated carbocycles. The summed E-state index contributed by atoms with van der Waals surface area (Å²) in [4.78, 5) is 33.6. The van der Waals surface area contributed by atoms with Crippen LogP contribution in [0.4, 0.5) is 5.82 Å². The van der Waals surface area contributed by atoms with Gasteiger partial charge in [0, 0.05) is 25.0 Å². The molecule has 7 nitrogen and oxygen atoms in total. The Hall–Kier alpha value is -3.35. The zero-order chi connectivity index (χ0) is 21.5. The van der Waals surface area contributed by atoms with Crippen LogP contribution in [-0.2, 0) is 0 Å². The lowest BCUT2D eigenvalue weighted by molar-refractivity contribution is 0.0692. The number of aromatic nitrogens is 4. The fourth-order valence-corrected chi connectivity index (χ4v) is 4.88. The van der Waals surface area contributed by atoms with Crippen molar-refractivity contribution in [1.82, 2.24) is 24.8 Å². The highest BCUT2D eigenvalue weighted by Gasteiger charge is 2.47. The molecule has 0 spiro atoms. The lowest BCUT2D eigenvalue weighted by atomic mass is 10.0. The molecule has 3 unspecified atom stereocenters. The molecule has 7 heteroatoms. The Morgan fingerprint density at radius 2 is 1.90 bits per heavy atom. The molecule has 1 aliphatic carbocycles. The number of nitrogens with zero attached hydrogens (tertiary/aromatic N) is 5. The number of fused-ring (bicyclic) bond motifs is 2. The van der Waals surface area contributed by atoms with E-state index in [1.54, 1.807) is 24.8 Å². The number of hydrogen-bond acceptors (Lipinski definition) is 6. The molecule has 4 heterocycles. The van der Waals surface area contributed by atoms with Gasteiger partial charge in [0.15, 0.2) is 0 Å². The van der Waals surface area contributed by atoms with Crippen LogP contribution in [0.1, 0.15) is 40.0 Å². The quantitative estimate of drug-likeness (QED) is 0.703. The lowest BCUT2D eigenvalue weighted by Gasteiger charge is -2.34. The van der Waals surface area contributed by atoms with Crippen LogP contribution in [0.2, 0.25) is 0 Å². The van der Waals surface area contributed by atoms with Crippen molar-refractivity contribution in [2.24, 2.45) is 5.92 Å². The van der Waals surface area contributed by atoms with Gasteiger partial charge in [-0.15, -0.1) is 0 Å². The molecule has 2 bridgehead atoms. The number of piperidine rings is 1. The molecule has 3 aromatic heterocycles. The van der Waals surface area contributed by atoms with E-state index in [9.17, 15) is 4.79 Å². The van der Waals surface area contributed by atoms with Crippen molar-refractivity contribution in [3.63, 3.8) is 0 Å². The van der Waals surface area contributed by atoms with Crippen LogP contribution >= 0.6 is 0 Å². The number of rotatable bonds is 4. The third kappa shape index (κ3) is 3.65. The number of likely N-dealkylation sites (tertiary alicyclic amines) is 1. The summed E-state index contributed by atoms with van der Waals surface area (Å²) in [5.41, 5.74) is 4.91.